The highest BCUT2D eigenvalue weighted by atomic mass is 16.5. The van der Waals surface area contributed by atoms with E-state index in [9.17, 15) is 9.59 Å². The second-order valence-electron chi connectivity index (χ2n) is 7.15. The van der Waals surface area contributed by atoms with Gasteiger partial charge in [0, 0.05) is 51.5 Å². The van der Waals surface area contributed by atoms with Gasteiger partial charge in [0.1, 0.15) is 6.54 Å². The quantitative estimate of drug-likeness (QED) is 0.646. The van der Waals surface area contributed by atoms with Crippen LogP contribution >= 0.6 is 0 Å². The fraction of sp³-hybridized carbons (Fsp3) is 0.273. The van der Waals surface area contributed by atoms with Crippen LogP contribution in [-0.4, -0.2) is 69.2 Å². The van der Waals surface area contributed by atoms with Gasteiger partial charge in [0.05, 0.1) is 17.4 Å². The Balaban J connectivity index is 1.58. The van der Waals surface area contributed by atoms with E-state index in [1.165, 1.54) is 0 Å². The summed E-state index contributed by atoms with van der Waals surface area (Å²) in [6.07, 6.45) is 6.60. The molecule has 4 rings (SSSR count). The Morgan fingerprint density at radius 2 is 2.00 bits per heavy atom. The standard InChI is InChI=1S/C22H23N5O3/c1-30-18-14-25(13-17-6-4-9-23-12-17)21(28)16-26(15-18)22(29)19-7-2-3-8-20(19)27-11-5-10-24-27/h2-12,18H,13-16H2,1H3/t18-/m0/s1. The zero-order valence-corrected chi connectivity index (χ0v) is 16.7. The summed E-state index contributed by atoms with van der Waals surface area (Å²) < 4.78 is 7.23. The molecular formula is C22H23N5O3. The van der Waals surface area contributed by atoms with E-state index in [0.29, 0.717) is 30.9 Å². The molecule has 1 aromatic carbocycles. The number of pyridine rings is 1. The minimum Gasteiger partial charge on any atom is -0.378 e. The monoisotopic (exact) mass is 405 g/mol. The maximum Gasteiger partial charge on any atom is 0.256 e. The number of hydrogen-bond donors (Lipinski definition) is 0. The first-order chi connectivity index (χ1) is 14.7. The molecule has 2 aromatic heterocycles. The van der Waals surface area contributed by atoms with Gasteiger partial charge in [0.25, 0.3) is 5.91 Å². The molecule has 0 aliphatic carbocycles. The highest BCUT2D eigenvalue weighted by molar-refractivity contribution is 5.99. The zero-order valence-electron chi connectivity index (χ0n) is 16.7. The van der Waals surface area contributed by atoms with Crippen LogP contribution in [0.1, 0.15) is 15.9 Å². The van der Waals surface area contributed by atoms with Crippen molar-refractivity contribution in [3.8, 4) is 5.69 Å². The summed E-state index contributed by atoms with van der Waals surface area (Å²) in [7, 11) is 1.60. The molecule has 0 N–H and O–H groups in total. The number of carbonyl (C=O) groups is 2. The summed E-state index contributed by atoms with van der Waals surface area (Å²) in [5, 5.41) is 4.24. The van der Waals surface area contributed by atoms with Gasteiger partial charge in [-0.05, 0) is 29.8 Å². The summed E-state index contributed by atoms with van der Waals surface area (Å²) in [4.78, 5) is 33.8. The molecule has 1 saturated heterocycles. The van der Waals surface area contributed by atoms with Crippen molar-refractivity contribution in [1.82, 2.24) is 24.6 Å². The summed E-state index contributed by atoms with van der Waals surface area (Å²) in [5.41, 5.74) is 2.10. The van der Waals surface area contributed by atoms with Gasteiger partial charge in [-0.15, -0.1) is 0 Å². The molecule has 0 spiro atoms. The summed E-state index contributed by atoms with van der Waals surface area (Å²) in [6, 6.07) is 12.8. The smallest absolute Gasteiger partial charge is 0.256 e. The number of carbonyl (C=O) groups excluding carboxylic acids is 2. The van der Waals surface area contributed by atoms with Crippen LogP contribution in [-0.2, 0) is 16.1 Å². The molecule has 1 atom stereocenters. The van der Waals surface area contributed by atoms with Crippen LogP contribution in [0.2, 0.25) is 0 Å². The van der Waals surface area contributed by atoms with E-state index in [4.69, 9.17) is 4.74 Å². The Labute approximate surface area is 174 Å². The Bertz CT molecular complexity index is 1010. The molecule has 0 saturated carbocycles. The topological polar surface area (TPSA) is 80.6 Å². The van der Waals surface area contributed by atoms with Crippen molar-refractivity contribution in [3.05, 3.63) is 78.4 Å². The van der Waals surface area contributed by atoms with E-state index < -0.39 is 0 Å². The van der Waals surface area contributed by atoms with Crippen LogP contribution in [0.15, 0.2) is 67.3 Å². The normalized spacial score (nSPS) is 17.1. The Hall–Kier alpha value is -3.52. The predicted octanol–water partition coefficient (Wildman–Crippen LogP) is 1.77. The van der Waals surface area contributed by atoms with Crippen molar-refractivity contribution in [1.29, 1.82) is 0 Å². The van der Waals surface area contributed by atoms with Gasteiger partial charge in [0.15, 0.2) is 0 Å². The first-order valence-electron chi connectivity index (χ1n) is 9.73. The average Bonchev–Trinajstić information content (AvgIpc) is 3.27. The van der Waals surface area contributed by atoms with Gasteiger partial charge in [-0.2, -0.15) is 5.10 Å². The van der Waals surface area contributed by atoms with E-state index in [1.807, 2.05) is 30.3 Å². The third-order valence-corrected chi connectivity index (χ3v) is 5.13. The Morgan fingerprint density at radius 1 is 1.13 bits per heavy atom. The number of nitrogens with zero attached hydrogens (tertiary/aromatic N) is 5. The SMILES string of the molecule is CO[C@H]1CN(Cc2cccnc2)C(=O)CN(C(=O)c2ccccc2-n2cccn2)C1. The maximum absolute atomic E-state index is 13.4. The van der Waals surface area contributed by atoms with Gasteiger partial charge in [-0.3, -0.25) is 14.6 Å². The maximum atomic E-state index is 13.4. The van der Waals surface area contributed by atoms with Crippen LogP contribution < -0.4 is 0 Å². The van der Waals surface area contributed by atoms with Gasteiger partial charge in [-0.25, -0.2) is 4.68 Å². The van der Waals surface area contributed by atoms with Gasteiger partial charge < -0.3 is 14.5 Å². The fourth-order valence-corrected chi connectivity index (χ4v) is 3.58. The number of ether oxygens (including phenoxy) is 1. The van der Waals surface area contributed by atoms with Crippen molar-refractivity contribution in [3.63, 3.8) is 0 Å². The largest absolute Gasteiger partial charge is 0.378 e. The van der Waals surface area contributed by atoms with E-state index in [2.05, 4.69) is 10.1 Å². The van der Waals surface area contributed by atoms with Crippen LogP contribution in [0, 0.1) is 0 Å². The van der Waals surface area contributed by atoms with Crippen LogP contribution in [0.3, 0.4) is 0 Å². The second kappa shape index (κ2) is 8.87. The number of hydrogen-bond acceptors (Lipinski definition) is 5. The molecule has 0 bridgehead atoms. The predicted molar refractivity (Wildman–Crippen MR) is 110 cm³/mol. The second-order valence-corrected chi connectivity index (χ2v) is 7.15. The highest BCUT2D eigenvalue weighted by Gasteiger charge is 2.31. The molecule has 30 heavy (non-hydrogen) atoms. The van der Waals surface area contributed by atoms with E-state index in [-0.39, 0.29) is 24.5 Å². The van der Waals surface area contributed by atoms with Crippen molar-refractivity contribution in [2.45, 2.75) is 12.6 Å². The Morgan fingerprint density at radius 3 is 2.73 bits per heavy atom. The molecule has 1 aliphatic heterocycles. The van der Waals surface area contributed by atoms with Crippen molar-refractivity contribution in [2.75, 3.05) is 26.7 Å². The van der Waals surface area contributed by atoms with Gasteiger partial charge in [-0.1, -0.05) is 18.2 Å². The third-order valence-electron chi connectivity index (χ3n) is 5.13. The van der Waals surface area contributed by atoms with Gasteiger partial charge in [0.2, 0.25) is 5.91 Å². The van der Waals surface area contributed by atoms with Gasteiger partial charge >= 0.3 is 0 Å². The Kier molecular flexibility index (Phi) is 5.85. The molecule has 3 heterocycles. The van der Waals surface area contributed by atoms with E-state index in [1.54, 1.807) is 58.5 Å². The minimum absolute atomic E-state index is 0.00754. The molecule has 154 valence electrons. The van der Waals surface area contributed by atoms with Crippen LogP contribution in [0.5, 0.6) is 0 Å². The lowest BCUT2D eigenvalue weighted by Gasteiger charge is -2.23. The fourth-order valence-electron chi connectivity index (χ4n) is 3.58. The van der Waals surface area contributed by atoms with Crippen molar-refractivity contribution < 1.29 is 14.3 Å². The highest BCUT2D eigenvalue weighted by Crippen LogP contribution is 2.19. The average molecular weight is 405 g/mol. The first kappa shape index (κ1) is 19.8. The number of methoxy groups -OCH3 is 1. The molecule has 0 radical (unpaired) electrons. The number of benzene rings is 1. The lowest BCUT2D eigenvalue weighted by atomic mass is 10.1. The number of aromatic nitrogens is 3. The third kappa shape index (κ3) is 4.23. The van der Waals surface area contributed by atoms with E-state index >= 15 is 0 Å². The van der Waals surface area contributed by atoms with Crippen molar-refractivity contribution in [2.24, 2.45) is 0 Å². The number of para-hydroxylation sites is 1. The molecule has 8 heteroatoms. The lowest BCUT2D eigenvalue weighted by molar-refractivity contribution is -0.132. The molecule has 2 amide bonds. The van der Waals surface area contributed by atoms with E-state index in [0.717, 1.165) is 5.56 Å². The van der Waals surface area contributed by atoms with Crippen LogP contribution in [0.25, 0.3) is 5.69 Å². The zero-order chi connectivity index (χ0) is 20.9. The summed E-state index contributed by atoms with van der Waals surface area (Å²) in [6.45, 7) is 1.16. The molecule has 1 aliphatic rings. The molecule has 8 nitrogen and oxygen atoms in total. The molecule has 3 aromatic rings. The lowest BCUT2D eigenvalue weighted by Crippen LogP contribution is -2.40. The number of amides is 2. The van der Waals surface area contributed by atoms with Crippen molar-refractivity contribution >= 4 is 11.8 Å². The first-order valence-corrected chi connectivity index (χ1v) is 9.73. The molecule has 0 unspecified atom stereocenters. The molecule has 1 fully saturated rings. The number of rotatable bonds is 5. The minimum atomic E-state index is -0.283. The summed E-state index contributed by atoms with van der Waals surface area (Å²) in [5.74, 6) is -0.344. The summed E-state index contributed by atoms with van der Waals surface area (Å²) >= 11 is 0. The van der Waals surface area contributed by atoms with Crippen LogP contribution in [0.4, 0.5) is 0 Å². The molecular weight excluding hydrogens is 382 g/mol.